The number of anilines is 1. The lowest BCUT2D eigenvalue weighted by Crippen LogP contribution is -2.10. The van der Waals surface area contributed by atoms with E-state index in [1.165, 1.54) is 11.8 Å². The normalized spacial score (nSPS) is 14.1. The number of amides is 1. The molecule has 28 heavy (non-hydrogen) atoms. The molecule has 4 aromatic rings. The number of benzene rings is 2. The summed E-state index contributed by atoms with van der Waals surface area (Å²) in [4.78, 5) is 25.3. The van der Waals surface area contributed by atoms with Crippen molar-refractivity contribution in [3.63, 3.8) is 0 Å². The number of carbonyl (C=O) groups is 2. The summed E-state index contributed by atoms with van der Waals surface area (Å²) >= 11 is 2.98. The van der Waals surface area contributed by atoms with Crippen LogP contribution in [0.15, 0.2) is 47.6 Å². The van der Waals surface area contributed by atoms with Crippen molar-refractivity contribution in [3.8, 4) is 0 Å². The van der Waals surface area contributed by atoms with Crippen molar-refractivity contribution in [1.29, 1.82) is 0 Å². The maximum Gasteiger partial charge on any atom is 0.224 e. The molecule has 5 rings (SSSR count). The predicted molar refractivity (Wildman–Crippen MR) is 111 cm³/mol. The Balaban J connectivity index is 1.37. The molecule has 0 bridgehead atoms. The summed E-state index contributed by atoms with van der Waals surface area (Å²) in [6, 6.07) is 13.6. The van der Waals surface area contributed by atoms with E-state index in [0.717, 1.165) is 44.4 Å². The van der Waals surface area contributed by atoms with Gasteiger partial charge in [0.15, 0.2) is 10.9 Å². The third-order valence-corrected chi connectivity index (χ3v) is 6.74. The molecule has 6 nitrogen and oxygen atoms in total. The summed E-state index contributed by atoms with van der Waals surface area (Å²) in [6.45, 7) is 0. The van der Waals surface area contributed by atoms with Gasteiger partial charge in [0, 0.05) is 17.7 Å². The number of carbonyl (C=O) groups excluding carboxylic acids is 2. The minimum Gasteiger partial charge on any atom is -0.326 e. The van der Waals surface area contributed by atoms with E-state index >= 15 is 0 Å². The molecule has 1 N–H and O–H groups in total. The standard InChI is InChI=1S/C20H16N4O2S2/c25-16(13-8-9-14-12(10-13)4-3-7-18(26)21-14)11-27-19-22-23-20-24(19)15-5-1-2-6-17(15)28-20/h1-2,5-6,8-10H,3-4,7,11H2,(H,21,26). The van der Waals surface area contributed by atoms with Crippen LogP contribution in [0.5, 0.6) is 0 Å². The number of nitrogens with one attached hydrogen (secondary N) is 1. The van der Waals surface area contributed by atoms with Crippen molar-refractivity contribution in [1.82, 2.24) is 14.6 Å². The lowest BCUT2D eigenvalue weighted by atomic mass is 10.0. The maximum atomic E-state index is 12.8. The van der Waals surface area contributed by atoms with Gasteiger partial charge in [-0.05, 0) is 48.7 Å². The van der Waals surface area contributed by atoms with Crippen LogP contribution in [0.25, 0.3) is 15.2 Å². The van der Waals surface area contributed by atoms with E-state index in [9.17, 15) is 9.59 Å². The molecule has 140 valence electrons. The first kappa shape index (κ1) is 17.4. The molecule has 0 saturated carbocycles. The first-order chi connectivity index (χ1) is 13.7. The molecule has 0 atom stereocenters. The van der Waals surface area contributed by atoms with Crippen LogP contribution in [0.3, 0.4) is 0 Å². The number of thiazole rings is 1. The molecule has 1 amide bonds. The highest BCUT2D eigenvalue weighted by molar-refractivity contribution is 7.99. The number of thioether (sulfide) groups is 1. The lowest BCUT2D eigenvalue weighted by Gasteiger charge is -2.08. The number of aryl methyl sites for hydroxylation is 1. The van der Waals surface area contributed by atoms with E-state index in [-0.39, 0.29) is 17.4 Å². The van der Waals surface area contributed by atoms with E-state index in [2.05, 4.69) is 21.6 Å². The topological polar surface area (TPSA) is 76.4 Å². The van der Waals surface area contributed by atoms with Gasteiger partial charge < -0.3 is 5.32 Å². The van der Waals surface area contributed by atoms with Crippen LogP contribution in [-0.4, -0.2) is 32.0 Å². The zero-order valence-corrected chi connectivity index (χ0v) is 16.5. The van der Waals surface area contributed by atoms with Crippen LogP contribution in [0.4, 0.5) is 5.69 Å². The van der Waals surface area contributed by atoms with Crippen molar-refractivity contribution in [2.24, 2.45) is 0 Å². The maximum absolute atomic E-state index is 12.8. The fourth-order valence-corrected chi connectivity index (χ4v) is 5.27. The van der Waals surface area contributed by atoms with Gasteiger partial charge in [0.25, 0.3) is 0 Å². The predicted octanol–water partition coefficient (Wildman–Crippen LogP) is 4.19. The van der Waals surface area contributed by atoms with Crippen LogP contribution in [0, 0.1) is 0 Å². The molecule has 0 saturated heterocycles. The summed E-state index contributed by atoms with van der Waals surface area (Å²) in [5.74, 6) is 0.364. The molecule has 0 fully saturated rings. The molecule has 0 unspecified atom stereocenters. The van der Waals surface area contributed by atoms with Gasteiger partial charge in [0.1, 0.15) is 0 Å². The van der Waals surface area contributed by atoms with Gasteiger partial charge in [-0.15, -0.1) is 10.2 Å². The number of ketones is 1. The zero-order chi connectivity index (χ0) is 19.1. The second-order valence-electron chi connectivity index (χ2n) is 6.66. The van der Waals surface area contributed by atoms with Crippen LogP contribution >= 0.6 is 23.1 Å². The van der Waals surface area contributed by atoms with Crippen molar-refractivity contribution >= 4 is 55.7 Å². The van der Waals surface area contributed by atoms with E-state index in [1.807, 2.05) is 34.7 Å². The van der Waals surface area contributed by atoms with Crippen molar-refractivity contribution in [3.05, 3.63) is 53.6 Å². The van der Waals surface area contributed by atoms with Crippen LogP contribution in [0.2, 0.25) is 0 Å². The van der Waals surface area contributed by atoms with E-state index in [1.54, 1.807) is 17.4 Å². The van der Waals surface area contributed by atoms with Crippen molar-refractivity contribution in [2.75, 3.05) is 11.1 Å². The summed E-state index contributed by atoms with van der Waals surface area (Å²) in [6.07, 6.45) is 2.12. The summed E-state index contributed by atoms with van der Waals surface area (Å²) in [5, 5.41) is 12.1. The van der Waals surface area contributed by atoms with Gasteiger partial charge >= 0.3 is 0 Å². The quantitative estimate of drug-likeness (QED) is 0.405. The molecule has 1 aliphatic heterocycles. The largest absolute Gasteiger partial charge is 0.326 e. The van der Waals surface area contributed by atoms with E-state index < -0.39 is 0 Å². The van der Waals surface area contributed by atoms with Crippen LogP contribution in [0.1, 0.15) is 28.8 Å². The molecular weight excluding hydrogens is 392 g/mol. The van der Waals surface area contributed by atoms with Gasteiger partial charge in [-0.25, -0.2) is 0 Å². The number of fused-ring (bicyclic) bond motifs is 4. The number of para-hydroxylation sites is 1. The number of aromatic nitrogens is 3. The Kier molecular flexibility index (Phi) is 4.37. The Hall–Kier alpha value is -2.71. The first-order valence-electron chi connectivity index (χ1n) is 9.00. The van der Waals surface area contributed by atoms with Crippen LogP contribution in [-0.2, 0) is 11.2 Å². The van der Waals surface area contributed by atoms with Gasteiger partial charge in [0.05, 0.1) is 16.0 Å². The third kappa shape index (κ3) is 3.08. The smallest absolute Gasteiger partial charge is 0.224 e. The number of hydrogen-bond acceptors (Lipinski definition) is 6. The third-order valence-electron chi connectivity index (χ3n) is 4.79. The highest BCUT2D eigenvalue weighted by atomic mass is 32.2. The lowest BCUT2D eigenvalue weighted by molar-refractivity contribution is -0.116. The van der Waals surface area contributed by atoms with E-state index in [4.69, 9.17) is 0 Å². The second kappa shape index (κ2) is 7.03. The minimum atomic E-state index is 0.0344. The van der Waals surface area contributed by atoms with Gasteiger partial charge in [-0.1, -0.05) is 35.2 Å². The SMILES string of the molecule is O=C1CCCc2cc(C(=O)CSc3nnc4sc5ccccc5n34)ccc2N1. The summed E-state index contributed by atoms with van der Waals surface area (Å²) in [7, 11) is 0. The fourth-order valence-electron chi connectivity index (χ4n) is 3.41. The fraction of sp³-hybridized carbons (Fsp3) is 0.200. The number of Topliss-reactive ketones (excluding diaryl/α,β-unsaturated/α-hetero) is 1. The van der Waals surface area contributed by atoms with Crippen LogP contribution < -0.4 is 5.32 Å². The Labute approximate surface area is 169 Å². The summed E-state index contributed by atoms with van der Waals surface area (Å²) in [5.41, 5.74) is 3.56. The van der Waals surface area contributed by atoms with E-state index in [0.29, 0.717) is 12.0 Å². The van der Waals surface area contributed by atoms with Crippen molar-refractivity contribution < 1.29 is 9.59 Å². The first-order valence-corrected chi connectivity index (χ1v) is 10.8. The monoisotopic (exact) mass is 408 g/mol. The number of rotatable bonds is 4. The molecule has 1 aliphatic rings. The molecule has 8 heteroatoms. The van der Waals surface area contributed by atoms with Gasteiger partial charge in [-0.2, -0.15) is 0 Å². The highest BCUT2D eigenvalue weighted by Crippen LogP contribution is 2.30. The Morgan fingerprint density at radius 2 is 2.07 bits per heavy atom. The molecule has 0 aliphatic carbocycles. The minimum absolute atomic E-state index is 0.0344. The Morgan fingerprint density at radius 1 is 1.18 bits per heavy atom. The zero-order valence-electron chi connectivity index (χ0n) is 14.8. The molecule has 0 radical (unpaired) electrons. The van der Waals surface area contributed by atoms with Gasteiger partial charge in [-0.3, -0.25) is 14.0 Å². The average Bonchev–Trinajstić information content (AvgIpc) is 3.20. The van der Waals surface area contributed by atoms with Crippen molar-refractivity contribution in [2.45, 2.75) is 24.4 Å². The molecule has 2 aromatic heterocycles. The number of hydrogen-bond donors (Lipinski definition) is 1. The number of nitrogens with zero attached hydrogens (tertiary/aromatic N) is 3. The van der Waals surface area contributed by atoms with Gasteiger partial charge in [0.2, 0.25) is 10.9 Å². The second-order valence-corrected chi connectivity index (χ2v) is 8.61. The molecule has 2 aromatic carbocycles. The molecule has 0 spiro atoms. The molecular formula is C20H16N4O2S2. The Morgan fingerprint density at radius 3 is 3.00 bits per heavy atom. The molecule has 3 heterocycles. The average molecular weight is 409 g/mol. The highest BCUT2D eigenvalue weighted by Gasteiger charge is 2.17. The summed E-state index contributed by atoms with van der Waals surface area (Å²) < 4.78 is 3.15. The Bertz CT molecular complexity index is 1230.